The van der Waals surface area contributed by atoms with Crippen LogP contribution in [0.15, 0.2) is 105 Å². The highest BCUT2D eigenvalue weighted by molar-refractivity contribution is 9.10. The van der Waals surface area contributed by atoms with Gasteiger partial charge in [-0.3, -0.25) is 9.59 Å². The van der Waals surface area contributed by atoms with Crippen molar-refractivity contribution in [3.05, 3.63) is 116 Å². The van der Waals surface area contributed by atoms with Gasteiger partial charge in [0.2, 0.25) is 5.91 Å². The molecular weight excluding hydrogens is 572 g/mol. The number of carbonyl (C=O) groups is 2. The smallest absolute Gasteiger partial charge is 0.254 e. The van der Waals surface area contributed by atoms with Gasteiger partial charge in [0.1, 0.15) is 0 Å². The molecule has 0 radical (unpaired) electrons. The van der Waals surface area contributed by atoms with E-state index in [9.17, 15) is 14.9 Å². The Hall–Kier alpha value is -3.51. The summed E-state index contributed by atoms with van der Waals surface area (Å²) < 4.78 is 0.912. The number of carbonyl (C=O) groups excluding carboxylic acids is 2. The summed E-state index contributed by atoms with van der Waals surface area (Å²) in [5.41, 5.74) is 3.23. The summed E-state index contributed by atoms with van der Waals surface area (Å²) in [6.07, 6.45) is 0. The van der Waals surface area contributed by atoms with E-state index < -0.39 is 5.92 Å². The maximum Gasteiger partial charge on any atom is 0.254 e. The van der Waals surface area contributed by atoms with E-state index in [1.54, 1.807) is 49.4 Å². The molecule has 2 amide bonds. The van der Waals surface area contributed by atoms with Gasteiger partial charge < -0.3 is 16.0 Å². The largest absolute Gasteiger partial charge is 0.353 e. The first-order valence-corrected chi connectivity index (χ1v) is 13.4. The molecule has 0 aromatic heterocycles. The number of nitriles is 1. The molecule has 3 aromatic rings. The van der Waals surface area contributed by atoms with Crippen molar-refractivity contribution in [1.29, 1.82) is 5.26 Å². The average molecular weight is 594 g/mol. The minimum atomic E-state index is -0.708. The van der Waals surface area contributed by atoms with Crippen LogP contribution in [0.5, 0.6) is 0 Å². The van der Waals surface area contributed by atoms with E-state index in [1.807, 2.05) is 36.4 Å². The number of nitrogens with zero attached hydrogens (tertiary/aromatic N) is 1. The second-order valence-electron chi connectivity index (χ2n) is 8.14. The normalized spacial score (nSPS) is 15.0. The number of allylic oxidation sites excluding steroid dienone is 2. The number of amides is 2. The van der Waals surface area contributed by atoms with Gasteiger partial charge >= 0.3 is 0 Å². The highest BCUT2D eigenvalue weighted by Crippen LogP contribution is 2.43. The van der Waals surface area contributed by atoms with Crippen molar-refractivity contribution in [1.82, 2.24) is 5.32 Å². The molecule has 1 atom stereocenters. The predicted octanol–water partition coefficient (Wildman–Crippen LogP) is 6.81. The third-order valence-corrected chi connectivity index (χ3v) is 7.51. The molecule has 1 aliphatic rings. The standard InChI is InChI=1S/C28H22BrClN4O2S/c1-17-25(27(36)34-19-7-3-2-4-8-19)26(21-9-5-6-10-23(21)30)22(15-31)28(32-17)37-16-24(35)33-20-13-11-18(29)12-14-20/h2-14,26,32H,16H2,1H3,(H,33,35)(H,34,36)/t26-/m0/s1. The van der Waals surface area contributed by atoms with Crippen LogP contribution in [0, 0.1) is 11.3 Å². The molecule has 9 heteroatoms. The molecule has 0 unspecified atom stereocenters. The first kappa shape index (κ1) is 26.6. The molecule has 0 saturated carbocycles. The minimum absolute atomic E-state index is 0.0671. The quantitative estimate of drug-likeness (QED) is 0.280. The average Bonchev–Trinajstić information content (AvgIpc) is 2.89. The van der Waals surface area contributed by atoms with Gasteiger partial charge in [0.05, 0.1) is 28.3 Å². The lowest BCUT2D eigenvalue weighted by molar-refractivity contribution is -0.114. The molecule has 6 nitrogen and oxygen atoms in total. The predicted molar refractivity (Wildman–Crippen MR) is 153 cm³/mol. The zero-order valence-corrected chi connectivity index (χ0v) is 22.9. The van der Waals surface area contributed by atoms with E-state index in [0.717, 1.165) is 4.47 Å². The molecule has 1 heterocycles. The van der Waals surface area contributed by atoms with Gasteiger partial charge in [0, 0.05) is 32.1 Å². The van der Waals surface area contributed by atoms with Crippen LogP contribution in [0.3, 0.4) is 0 Å². The van der Waals surface area contributed by atoms with Gasteiger partial charge in [0.15, 0.2) is 0 Å². The summed E-state index contributed by atoms with van der Waals surface area (Å²) in [7, 11) is 0. The molecule has 0 bridgehead atoms. The number of rotatable bonds is 7. The van der Waals surface area contributed by atoms with Crippen molar-refractivity contribution >= 4 is 62.5 Å². The van der Waals surface area contributed by atoms with Gasteiger partial charge in [-0.15, -0.1) is 0 Å². The zero-order chi connectivity index (χ0) is 26.4. The van der Waals surface area contributed by atoms with Crippen LogP contribution in [0.1, 0.15) is 18.4 Å². The molecule has 0 spiro atoms. The van der Waals surface area contributed by atoms with Crippen molar-refractivity contribution in [3.63, 3.8) is 0 Å². The molecule has 4 rings (SSSR count). The third-order valence-electron chi connectivity index (χ3n) is 5.62. The summed E-state index contributed by atoms with van der Waals surface area (Å²) in [6, 6.07) is 25.8. The molecule has 37 heavy (non-hydrogen) atoms. The number of hydrogen-bond acceptors (Lipinski definition) is 5. The number of halogens is 2. The van der Waals surface area contributed by atoms with Gasteiger partial charge in [-0.1, -0.05) is 75.7 Å². The lowest BCUT2D eigenvalue weighted by Crippen LogP contribution is -2.31. The van der Waals surface area contributed by atoms with Crippen molar-refractivity contribution in [2.24, 2.45) is 0 Å². The molecule has 1 aliphatic heterocycles. The fraction of sp³-hybridized carbons (Fsp3) is 0.107. The summed E-state index contributed by atoms with van der Waals surface area (Å²) >= 11 is 11.1. The first-order chi connectivity index (χ1) is 17.9. The number of nitrogens with one attached hydrogen (secondary N) is 3. The lowest BCUT2D eigenvalue weighted by atomic mass is 9.82. The first-order valence-electron chi connectivity index (χ1n) is 11.3. The Balaban J connectivity index is 1.63. The summed E-state index contributed by atoms with van der Waals surface area (Å²) in [6.45, 7) is 1.78. The number of thioether (sulfide) groups is 1. The number of dihydropyridines is 1. The van der Waals surface area contributed by atoms with Gasteiger partial charge in [0.25, 0.3) is 5.91 Å². The Morgan fingerprint density at radius 1 is 1.00 bits per heavy atom. The summed E-state index contributed by atoms with van der Waals surface area (Å²) in [5.74, 6) is -1.20. The Morgan fingerprint density at radius 3 is 2.32 bits per heavy atom. The fourth-order valence-electron chi connectivity index (χ4n) is 3.94. The highest BCUT2D eigenvalue weighted by atomic mass is 79.9. The maximum atomic E-state index is 13.5. The summed E-state index contributed by atoms with van der Waals surface area (Å²) in [4.78, 5) is 26.1. The molecule has 0 aliphatic carbocycles. The Morgan fingerprint density at radius 2 is 1.65 bits per heavy atom. The van der Waals surface area contributed by atoms with Crippen LogP contribution in [-0.4, -0.2) is 17.6 Å². The summed E-state index contributed by atoms with van der Waals surface area (Å²) in [5, 5.41) is 20.1. The molecule has 3 aromatic carbocycles. The molecule has 3 N–H and O–H groups in total. The van der Waals surface area contributed by atoms with Crippen LogP contribution in [0.25, 0.3) is 0 Å². The number of para-hydroxylation sites is 1. The van der Waals surface area contributed by atoms with E-state index in [1.165, 1.54) is 11.8 Å². The third kappa shape index (κ3) is 6.44. The number of anilines is 2. The zero-order valence-electron chi connectivity index (χ0n) is 19.7. The van der Waals surface area contributed by atoms with Crippen molar-refractivity contribution < 1.29 is 9.59 Å². The van der Waals surface area contributed by atoms with Crippen LogP contribution in [-0.2, 0) is 9.59 Å². The Labute approximate surface area is 232 Å². The minimum Gasteiger partial charge on any atom is -0.353 e. The molecular formula is C28H22BrClN4O2S. The number of hydrogen-bond donors (Lipinski definition) is 3. The highest BCUT2D eigenvalue weighted by Gasteiger charge is 2.35. The Kier molecular flexibility index (Phi) is 8.72. The second-order valence-corrected chi connectivity index (χ2v) is 10.4. The van der Waals surface area contributed by atoms with E-state index >= 15 is 0 Å². The lowest BCUT2D eigenvalue weighted by Gasteiger charge is -2.30. The van der Waals surface area contributed by atoms with Gasteiger partial charge in [-0.25, -0.2) is 0 Å². The van der Waals surface area contributed by atoms with Crippen molar-refractivity contribution in [3.8, 4) is 6.07 Å². The van der Waals surface area contributed by atoms with E-state index in [-0.39, 0.29) is 17.6 Å². The topological polar surface area (TPSA) is 94.0 Å². The van der Waals surface area contributed by atoms with E-state index in [4.69, 9.17) is 11.6 Å². The molecule has 0 fully saturated rings. The van der Waals surface area contributed by atoms with Crippen molar-refractivity contribution in [2.75, 3.05) is 16.4 Å². The number of benzene rings is 3. The van der Waals surface area contributed by atoms with E-state index in [2.05, 4.69) is 37.9 Å². The van der Waals surface area contributed by atoms with Gasteiger partial charge in [-0.2, -0.15) is 5.26 Å². The molecule has 0 saturated heterocycles. The second kappa shape index (κ2) is 12.2. The van der Waals surface area contributed by atoms with Crippen LogP contribution < -0.4 is 16.0 Å². The molecule has 186 valence electrons. The Bertz CT molecular complexity index is 1430. The fourth-order valence-corrected chi connectivity index (χ4v) is 5.34. The SMILES string of the molecule is CC1=C(C(=O)Nc2ccccc2)[C@@H](c2ccccc2Cl)C(C#N)=C(SCC(=O)Nc2ccc(Br)cc2)N1. The van der Waals surface area contributed by atoms with E-state index in [0.29, 0.717) is 43.8 Å². The van der Waals surface area contributed by atoms with Crippen molar-refractivity contribution in [2.45, 2.75) is 12.8 Å². The van der Waals surface area contributed by atoms with Crippen LogP contribution >= 0.6 is 39.3 Å². The monoisotopic (exact) mass is 592 g/mol. The van der Waals surface area contributed by atoms with Crippen LogP contribution in [0.2, 0.25) is 5.02 Å². The van der Waals surface area contributed by atoms with Crippen LogP contribution in [0.4, 0.5) is 11.4 Å². The maximum absolute atomic E-state index is 13.5. The van der Waals surface area contributed by atoms with Gasteiger partial charge in [-0.05, 0) is 55.0 Å².